The molecule has 0 radical (unpaired) electrons. The Morgan fingerprint density at radius 2 is 1.93 bits per heavy atom. The van der Waals surface area contributed by atoms with Gasteiger partial charge in [-0.05, 0) is 12.1 Å². The first-order valence-corrected chi connectivity index (χ1v) is 4.74. The molecule has 0 spiro atoms. The van der Waals surface area contributed by atoms with Crippen molar-refractivity contribution in [2.45, 2.75) is 4.90 Å². The summed E-state index contributed by atoms with van der Waals surface area (Å²) < 4.78 is 34.8. The molecule has 0 aliphatic heterocycles. The average molecular weight is 244 g/mol. The fourth-order valence-electron chi connectivity index (χ4n) is 0.913. The number of hydrogen-bond acceptors (Lipinski definition) is 4. The number of phenolic OH excluding ortho intramolecular Hbond substituents is 1. The van der Waals surface area contributed by atoms with E-state index in [9.17, 15) is 8.42 Å². The molecule has 0 unspecified atom stereocenters. The van der Waals surface area contributed by atoms with E-state index in [1.807, 2.05) is 0 Å². The van der Waals surface area contributed by atoms with Crippen LogP contribution in [0, 0.1) is 0 Å². The first kappa shape index (κ1) is 14.4. The van der Waals surface area contributed by atoms with Crippen LogP contribution in [0.1, 0.15) is 0 Å². The molecule has 2 N–H and O–H groups in total. The normalized spacial score (nSPS) is 10.4. The van der Waals surface area contributed by atoms with Gasteiger partial charge < -0.3 is 9.84 Å². The summed E-state index contributed by atoms with van der Waals surface area (Å²) in [5.41, 5.74) is 0. The van der Waals surface area contributed by atoms with Crippen molar-refractivity contribution in [3.63, 3.8) is 0 Å². The zero-order valence-corrected chi connectivity index (χ0v) is 7.58. The van der Waals surface area contributed by atoms with Crippen LogP contribution in [0.2, 0.25) is 0 Å². The van der Waals surface area contributed by atoms with Gasteiger partial charge in [-0.2, -0.15) is 8.42 Å². The molecule has 0 saturated carbocycles. The quantitative estimate of drug-likeness (QED) is 0.565. The van der Waals surface area contributed by atoms with Gasteiger partial charge in [-0.25, -0.2) is 0 Å². The second kappa shape index (κ2) is 5.45. The van der Waals surface area contributed by atoms with Crippen LogP contribution in [-0.4, -0.2) is 76.6 Å². The standard InChI is InChI=1S/C7H8O5S.K.H/c1-12-7-5(8)3-2-4-6(7)13(9,10)11;;/h2-4,8H,1H3,(H,9,10,11);;. The summed E-state index contributed by atoms with van der Waals surface area (Å²) in [5.74, 6) is -0.595. The molecule has 0 aliphatic carbocycles. The molecule has 0 amide bonds. The summed E-state index contributed by atoms with van der Waals surface area (Å²) in [6.45, 7) is 0. The van der Waals surface area contributed by atoms with Crippen molar-refractivity contribution in [1.82, 2.24) is 0 Å². The predicted octanol–water partition coefficient (Wildman–Crippen LogP) is -0.001000. The molecular weight excluding hydrogens is 235 g/mol. The molecule has 5 nitrogen and oxygen atoms in total. The van der Waals surface area contributed by atoms with E-state index in [0.29, 0.717) is 0 Å². The molecule has 7 heteroatoms. The van der Waals surface area contributed by atoms with Gasteiger partial charge in [-0.3, -0.25) is 4.55 Å². The van der Waals surface area contributed by atoms with E-state index in [1.54, 1.807) is 0 Å². The number of para-hydroxylation sites is 1. The second-order valence-corrected chi connectivity index (χ2v) is 3.67. The molecule has 0 bridgehead atoms. The van der Waals surface area contributed by atoms with Crippen molar-refractivity contribution in [2.75, 3.05) is 7.11 Å². The van der Waals surface area contributed by atoms with E-state index in [4.69, 9.17) is 9.66 Å². The second-order valence-electron chi connectivity index (χ2n) is 2.28. The van der Waals surface area contributed by atoms with Crippen LogP contribution in [-0.2, 0) is 10.1 Å². The molecule has 0 aliphatic rings. The van der Waals surface area contributed by atoms with Crippen molar-refractivity contribution in [3.05, 3.63) is 18.2 Å². The van der Waals surface area contributed by atoms with E-state index in [-0.39, 0.29) is 62.9 Å². The van der Waals surface area contributed by atoms with Crippen molar-refractivity contribution in [2.24, 2.45) is 0 Å². The third-order valence-corrected chi connectivity index (χ3v) is 2.32. The summed E-state index contributed by atoms with van der Waals surface area (Å²) in [5, 5.41) is 9.15. The minimum absolute atomic E-state index is 0. The Bertz CT molecular complexity index is 414. The number of ether oxygens (including phenoxy) is 1. The maximum absolute atomic E-state index is 10.7. The molecular formula is C7H9KO5S. The van der Waals surface area contributed by atoms with Gasteiger partial charge in [0.1, 0.15) is 4.90 Å². The van der Waals surface area contributed by atoms with Crippen molar-refractivity contribution >= 4 is 61.5 Å². The Labute approximate surface area is 124 Å². The maximum atomic E-state index is 10.7. The van der Waals surface area contributed by atoms with E-state index < -0.39 is 15.0 Å². The Kier molecular flexibility index (Phi) is 5.59. The van der Waals surface area contributed by atoms with Crippen molar-refractivity contribution < 1.29 is 22.8 Å². The summed E-state index contributed by atoms with van der Waals surface area (Å²) in [6.07, 6.45) is 0. The van der Waals surface area contributed by atoms with E-state index in [0.717, 1.165) is 6.07 Å². The minimum atomic E-state index is -4.35. The van der Waals surface area contributed by atoms with Gasteiger partial charge in [0.15, 0.2) is 11.5 Å². The van der Waals surface area contributed by atoms with E-state index in [2.05, 4.69) is 4.74 Å². The van der Waals surface area contributed by atoms with Crippen LogP contribution in [0.4, 0.5) is 0 Å². The number of benzene rings is 1. The van der Waals surface area contributed by atoms with Crippen molar-refractivity contribution in [1.29, 1.82) is 0 Å². The number of rotatable bonds is 2. The van der Waals surface area contributed by atoms with Gasteiger partial charge in [0.2, 0.25) is 0 Å². The van der Waals surface area contributed by atoms with Gasteiger partial charge in [0.05, 0.1) is 7.11 Å². The molecule has 14 heavy (non-hydrogen) atoms. The Morgan fingerprint density at radius 3 is 2.29 bits per heavy atom. The molecule has 0 fully saturated rings. The predicted molar refractivity (Wildman–Crippen MR) is 51.6 cm³/mol. The summed E-state index contributed by atoms with van der Waals surface area (Å²) in [7, 11) is -3.15. The molecule has 1 aromatic rings. The van der Waals surface area contributed by atoms with Crippen LogP contribution in [0.3, 0.4) is 0 Å². The zero-order chi connectivity index (χ0) is 10.1. The van der Waals surface area contributed by atoms with Gasteiger partial charge in [0, 0.05) is 0 Å². The summed E-state index contributed by atoms with van der Waals surface area (Å²) in [6, 6.07) is 3.68. The van der Waals surface area contributed by atoms with Gasteiger partial charge in [0.25, 0.3) is 10.1 Å². The Morgan fingerprint density at radius 1 is 1.36 bits per heavy atom. The first-order valence-electron chi connectivity index (χ1n) is 3.30. The third kappa shape index (κ3) is 3.19. The van der Waals surface area contributed by atoms with Crippen molar-refractivity contribution in [3.8, 4) is 11.5 Å². The molecule has 0 atom stereocenters. The molecule has 1 aromatic carbocycles. The number of phenols is 1. The molecule has 74 valence electrons. The van der Waals surface area contributed by atoms with E-state index >= 15 is 0 Å². The fourth-order valence-corrected chi connectivity index (χ4v) is 1.59. The summed E-state index contributed by atoms with van der Waals surface area (Å²) in [4.78, 5) is -0.449. The van der Waals surface area contributed by atoms with Crippen LogP contribution in [0.15, 0.2) is 23.1 Å². The topological polar surface area (TPSA) is 83.8 Å². The van der Waals surface area contributed by atoms with Gasteiger partial charge in [-0.15, -0.1) is 0 Å². The SMILES string of the molecule is COc1c(O)cccc1S(=O)(=O)O.[KH]. The summed E-state index contributed by atoms with van der Waals surface area (Å²) >= 11 is 0. The average Bonchev–Trinajstić information content (AvgIpc) is 2.02. The van der Waals surface area contributed by atoms with Crippen LogP contribution in [0.25, 0.3) is 0 Å². The Hall–Kier alpha value is 0.366. The molecule has 0 saturated heterocycles. The number of methoxy groups -OCH3 is 1. The van der Waals surface area contributed by atoms with Gasteiger partial charge in [-0.1, -0.05) is 6.07 Å². The van der Waals surface area contributed by atoms with Crippen LogP contribution in [0.5, 0.6) is 11.5 Å². The van der Waals surface area contributed by atoms with Crippen LogP contribution < -0.4 is 4.74 Å². The van der Waals surface area contributed by atoms with E-state index in [1.165, 1.54) is 19.2 Å². The monoisotopic (exact) mass is 244 g/mol. The van der Waals surface area contributed by atoms with Gasteiger partial charge >= 0.3 is 51.4 Å². The fraction of sp³-hybridized carbons (Fsp3) is 0.143. The molecule has 0 heterocycles. The molecule has 0 aromatic heterocycles. The van der Waals surface area contributed by atoms with Crippen LogP contribution >= 0.6 is 0 Å². The Balaban J connectivity index is 0.00000169. The zero-order valence-electron chi connectivity index (χ0n) is 6.76. The third-order valence-electron chi connectivity index (χ3n) is 1.44. The first-order chi connectivity index (χ1) is 5.96. The number of aromatic hydroxyl groups is 1. The number of hydrogen-bond donors (Lipinski definition) is 2. The molecule has 1 rings (SSSR count).